The van der Waals surface area contributed by atoms with Crippen molar-refractivity contribution in [2.24, 2.45) is 0 Å². The molecular weight excluding hydrogens is 315 g/mol. The third-order valence-electron chi connectivity index (χ3n) is 4.80. The number of aromatic nitrogens is 2. The summed E-state index contributed by atoms with van der Waals surface area (Å²) in [5.41, 5.74) is 3.08. The van der Waals surface area contributed by atoms with Gasteiger partial charge in [0.2, 0.25) is 0 Å². The van der Waals surface area contributed by atoms with E-state index in [1.807, 2.05) is 29.8 Å². The van der Waals surface area contributed by atoms with Crippen molar-refractivity contribution in [2.45, 2.75) is 45.4 Å². The fraction of sp³-hybridized carbons (Fsp3) is 0.450. The molecule has 1 aliphatic rings. The summed E-state index contributed by atoms with van der Waals surface area (Å²) in [7, 11) is 0. The molecule has 1 fully saturated rings. The predicted molar refractivity (Wildman–Crippen MR) is 98.7 cm³/mol. The van der Waals surface area contributed by atoms with Crippen LogP contribution >= 0.6 is 0 Å². The van der Waals surface area contributed by atoms with Crippen molar-refractivity contribution >= 4 is 0 Å². The van der Waals surface area contributed by atoms with E-state index in [9.17, 15) is 4.39 Å². The van der Waals surface area contributed by atoms with Crippen LogP contribution in [0, 0.1) is 12.7 Å². The van der Waals surface area contributed by atoms with Crippen molar-refractivity contribution in [3.05, 3.63) is 65.8 Å². The Morgan fingerprint density at radius 2 is 2.20 bits per heavy atom. The van der Waals surface area contributed by atoms with E-state index in [0.717, 1.165) is 50.3 Å². The van der Waals surface area contributed by atoms with Crippen LogP contribution in [-0.2, 0) is 19.6 Å². The second-order valence-electron chi connectivity index (χ2n) is 6.80. The summed E-state index contributed by atoms with van der Waals surface area (Å²) in [6.45, 7) is 10.0. The van der Waals surface area contributed by atoms with E-state index >= 15 is 0 Å². The molecule has 0 radical (unpaired) electrons. The fourth-order valence-corrected chi connectivity index (χ4v) is 3.45. The molecule has 134 valence electrons. The van der Waals surface area contributed by atoms with E-state index in [-0.39, 0.29) is 5.82 Å². The smallest absolute Gasteiger partial charge is 0.127 e. The maximum Gasteiger partial charge on any atom is 0.127 e. The van der Waals surface area contributed by atoms with Crippen molar-refractivity contribution in [3.63, 3.8) is 0 Å². The van der Waals surface area contributed by atoms with Gasteiger partial charge in [-0.05, 0) is 32.4 Å². The monoisotopic (exact) mass is 342 g/mol. The molecule has 4 nitrogen and oxygen atoms in total. The average molecular weight is 342 g/mol. The summed E-state index contributed by atoms with van der Waals surface area (Å²) >= 11 is 0. The third kappa shape index (κ3) is 4.77. The average Bonchev–Trinajstić information content (AvgIpc) is 2.95. The van der Waals surface area contributed by atoms with Gasteiger partial charge in [0.25, 0.3) is 0 Å². The number of hydrogen-bond acceptors (Lipinski definition) is 3. The van der Waals surface area contributed by atoms with Gasteiger partial charge >= 0.3 is 0 Å². The van der Waals surface area contributed by atoms with Crippen molar-refractivity contribution in [1.82, 2.24) is 20.0 Å². The number of rotatable bonds is 7. The zero-order chi connectivity index (χ0) is 17.6. The first-order valence-corrected chi connectivity index (χ1v) is 8.98. The van der Waals surface area contributed by atoms with Crippen molar-refractivity contribution < 1.29 is 4.39 Å². The Kier molecular flexibility index (Phi) is 6.00. The lowest BCUT2D eigenvalue weighted by Gasteiger charge is -2.33. The quantitative estimate of drug-likeness (QED) is 0.784. The van der Waals surface area contributed by atoms with Crippen LogP contribution in [0.15, 0.2) is 43.1 Å². The van der Waals surface area contributed by atoms with E-state index in [0.29, 0.717) is 12.6 Å². The molecule has 2 aromatic rings. The molecule has 25 heavy (non-hydrogen) atoms. The molecule has 0 spiro atoms. The summed E-state index contributed by atoms with van der Waals surface area (Å²) in [6, 6.07) is 7.50. The molecule has 2 heterocycles. The Hall–Kier alpha value is -1.98. The number of piperidine rings is 1. The highest BCUT2D eigenvalue weighted by Crippen LogP contribution is 2.16. The topological polar surface area (TPSA) is 33.1 Å². The van der Waals surface area contributed by atoms with Gasteiger partial charge in [-0.15, -0.1) is 6.58 Å². The molecule has 0 saturated carbocycles. The van der Waals surface area contributed by atoms with E-state index in [4.69, 9.17) is 0 Å². The number of likely N-dealkylation sites (tertiary alicyclic amines) is 1. The molecule has 1 N–H and O–H groups in total. The number of halogens is 1. The van der Waals surface area contributed by atoms with Gasteiger partial charge in [0.15, 0.2) is 0 Å². The highest BCUT2D eigenvalue weighted by Gasteiger charge is 2.20. The third-order valence-corrected chi connectivity index (χ3v) is 4.80. The second kappa shape index (κ2) is 8.41. The Bertz CT molecular complexity index is 709. The molecule has 1 atom stereocenters. The first-order chi connectivity index (χ1) is 12.2. The summed E-state index contributed by atoms with van der Waals surface area (Å²) in [4.78, 5) is 2.34. The molecule has 1 aliphatic heterocycles. The maximum atomic E-state index is 13.9. The standard InChI is InChI=1S/C20H27FN4/c1-3-10-25-14-18(16(2)23-25)12-22-19-8-6-11-24(15-19)13-17-7-4-5-9-20(17)21/h3-5,7,9,14,19,22H,1,6,8,10-13,15H2,2H3. The first-order valence-electron chi connectivity index (χ1n) is 8.98. The Morgan fingerprint density at radius 1 is 1.36 bits per heavy atom. The van der Waals surface area contributed by atoms with Crippen LogP contribution in [0.2, 0.25) is 0 Å². The van der Waals surface area contributed by atoms with Gasteiger partial charge in [-0.25, -0.2) is 4.39 Å². The van der Waals surface area contributed by atoms with E-state index in [1.165, 1.54) is 5.56 Å². The van der Waals surface area contributed by atoms with Crippen LogP contribution in [-0.4, -0.2) is 33.8 Å². The molecule has 1 saturated heterocycles. The van der Waals surface area contributed by atoms with Crippen LogP contribution in [0.25, 0.3) is 0 Å². The Morgan fingerprint density at radius 3 is 3.00 bits per heavy atom. The number of hydrogen-bond donors (Lipinski definition) is 1. The molecule has 1 unspecified atom stereocenters. The first kappa shape index (κ1) is 17.8. The lowest BCUT2D eigenvalue weighted by molar-refractivity contribution is 0.181. The van der Waals surface area contributed by atoms with Gasteiger partial charge in [-0.3, -0.25) is 9.58 Å². The SMILES string of the molecule is C=CCn1cc(CNC2CCCN(Cc3ccccc3F)C2)c(C)n1. The maximum absolute atomic E-state index is 13.9. The van der Waals surface area contributed by atoms with Gasteiger partial charge in [-0.2, -0.15) is 5.10 Å². The van der Waals surface area contributed by atoms with Crippen LogP contribution in [0.1, 0.15) is 29.7 Å². The zero-order valence-corrected chi connectivity index (χ0v) is 14.9. The van der Waals surface area contributed by atoms with E-state index in [2.05, 4.69) is 28.1 Å². The minimum absolute atomic E-state index is 0.108. The molecule has 1 aromatic carbocycles. The van der Waals surface area contributed by atoms with Crippen LogP contribution in [0.5, 0.6) is 0 Å². The minimum Gasteiger partial charge on any atom is -0.309 e. The second-order valence-corrected chi connectivity index (χ2v) is 6.80. The van der Waals surface area contributed by atoms with Gasteiger partial charge in [0.1, 0.15) is 5.82 Å². The summed E-state index contributed by atoms with van der Waals surface area (Å²) in [6.07, 6.45) is 6.24. The van der Waals surface area contributed by atoms with Gasteiger partial charge in [0, 0.05) is 43.0 Å². The number of allylic oxidation sites excluding steroid dienone is 1. The highest BCUT2D eigenvalue weighted by atomic mass is 19.1. The molecular formula is C20H27FN4. The largest absolute Gasteiger partial charge is 0.309 e. The summed E-state index contributed by atoms with van der Waals surface area (Å²) in [5.74, 6) is -0.108. The van der Waals surface area contributed by atoms with Crippen LogP contribution in [0.4, 0.5) is 4.39 Å². The number of aryl methyl sites for hydroxylation is 1. The van der Waals surface area contributed by atoms with Gasteiger partial charge < -0.3 is 5.32 Å². The summed E-state index contributed by atoms with van der Waals surface area (Å²) in [5, 5.41) is 8.15. The lowest BCUT2D eigenvalue weighted by atomic mass is 10.0. The number of benzene rings is 1. The van der Waals surface area contributed by atoms with Crippen LogP contribution < -0.4 is 5.32 Å². The fourth-order valence-electron chi connectivity index (χ4n) is 3.45. The molecule has 0 aliphatic carbocycles. The predicted octanol–water partition coefficient (Wildman–Crippen LogP) is 3.27. The molecule has 0 bridgehead atoms. The molecule has 0 amide bonds. The lowest BCUT2D eigenvalue weighted by Crippen LogP contribution is -2.45. The van der Waals surface area contributed by atoms with Gasteiger partial charge in [-0.1, -0.05) is 24.3 Å². The molecule has 3 rings (SSSR count). The van der Waals surface area contributed by atoms with E-state index in [1.54, 1.807) is 12.1 Å². The minimum atomic E-state index is -0.108. The van der Waals surface area contributed by atoms with Crippen molar-refractivity contribution in [1.29, 1.82) is 0 Å². The van der Waals surface area contributed by atoms with E-state index < -0.39 is 0 Å². The van der Waals surface area contributed by atoms with Gasteiger partial charge in [0.05, 0.1) is 12.2 Å². The van der Waals surface area contributed by atoms with Crippen LogP contribution in [0.3, 0.4) is 0 Å². The van der Waals surface area contributed by atoms with Crippen molar-refractivity contribution in [3.8, 4) is 0 Å². The summed E-state index contributed by atoms with van der Waals surface area (Å²) < 4.78 is 15.8. The Balaban J connectivity index is 1.53. The Labute approximate surface area is 149 Å². The molecule has 5 heteroatoms. The van der Waals surface area contributed by atoms with Crippen molar-refractivity contribution in [2.75, 3.05) is 13.1 Å². The highest BCUT2D eigenvalue weighted by molar-refractivity contribution is 5.17. The normalized spacial score (nSPS) is 18.4. The molecule has 1 aromatic heterocycles. The zero-order valence-electron chi connectivity index (χ0n) is 14.9. The number of nitrogens with zero attached hydrogens (tertiary/aromatic N) is 3. The number of nitrogens with one attached hydrogen (secondary N) is 1.